The van der Waals surface area contributed by atoms with Crippen LogP contribution in [0, 0.1) is 0 Å². The first-order valence-electron chi connectivity index (χ1n) is 5.58. The van der Waals surface area contributed by atoms with Gasteiger partial charge in [-0.2, -0.15) is 0 Å². The molecule has 0 unspecified atom stereocenters. The number of likely N-dealkylation sites (N-methyl/N-ethyl adjacent to an activating group) is 1. The number of nitrogens with zero attached hydrogens (tertiary/aromatic N) is 1. The maximum atomic E-state index is 11.4. The van der Waals surface area contributed by atoms with E-state index >= 15 is 0 Å². The number of nitrogens with one attached hydrogen (secondary N) is 3. The number of hydrogen-bond donors (Lipinski definition) is 3. The Balaban J connectivity index is 2.32. The molecule has 0 heterocycles. The molecule has 0 aliphatic heterocycles. The van der Waals surface area contributed by atoms with Crippen molar-refractivity contribution >= 4 is 17.6 Å². The van der Waals surface area contributed by atoms with Crippen molar-refractivity contribution < 1.29 is 14.1 Å². The first-order valence-corrected chi connectivity index (χ1v) is 5.58. The van der Waals surface area contributed by atoms with Crippen molar-refractivity contribution in [1.82, 2.24) is 10.9 Å². The average Bonchev–Trinajstić information content (AvgIpc) is 2.25. The summed E-state index contributed by atoms with van der Waals surface area (Å²) in [5.74, 6) is -0.245. The minimum absolute atomic E-state index is 0.245. The van der Waals surface area contributed by atoms with Gasteiger partial charge >= 0.3 is 6.03 Å². The summed E-state index contributed by atoms with van der Waals surface area (Å²) in [4.78, 5) is 22.9. The summed E-state index contributed by atoms with van der Waals surface area (Å²) in [6.45, 7) is 0.283. The fourth-order valence-corrected chi connectivity index (χ4v) is 1.28. The molecular weight excluding hydrogens is 232 g/mol. The highest BCUT2D eigenvalue weighted by atomic mass is 16.2. The molecule has 0 aromatic heterocycles. The first-order chi connectivity index (χ1) is 8.37. The van der Waals surface area contributed by atoms with Gasteiger partial charge in [-0.3, -0.25) is 10.2 Å². The SMILES string of the molecule is C[N+](C)(C)CC(=O)NNC(=O)Nc1ccccc1. The summed E-state index contributed by atoms with van der Waals surface area (Å²) < 4.78 is 0.494. The molecule has 0 atom stereocenters. The van der Waals surface area contributed by atoms with E-state index in [4.69, 9.17) is 0 Å². The summed E-state index contributed by atoms with van der Waals surface area (Å²) in [6.07, 6.45) is 0. The van der Waals surface area contributed by atoms with Gasteiger partial charge in [0.1, 0.15) is 0 Å². The maximum absolute atomic E-state index is 11.4. The number of quaternary nitrogens is 1. The Morgan fingerprint density at radius 3 is 2.22 bits per heavy atom. The first kappa shape index (κ1) is 14.0. The van der Waals surface area contributed by atoms with Crippen molar-refractivity contribution in [3.8, 4) is 0 Å². The highest BCUT2D eigenvalue weighted by molar-refractivity contribution is 5.90. The number of rotatable bonds is 3. The Morgan fingerprint density at radius 2 is 1.67 bits per heavy atom. The number of amides is 3. The fourth-order valence-electron chi connectivity index (χ4n) is 1.28. The lowest BCUT2D eigenvalue weighted by atomic mass is 10.3. The minimum Gasteiger partial charge on any atom is -0.323 e. The smallest absolute Gasteiger partial charge is 0.323 e. The van der Waals surface area contributed by atoms with Crippen LogP contribution in [0.2, 0.25) is 0 Å². The summed E-state index contributed by atoms with van der Waals surface area (Å²) >= 11 is 0. The Kier molecular flexibility index (Phi) is 4.67. The van der Waals surface area contributed by atoms with Crippen molar-refractivity contribution in [3.05, 3.63) is 30.3 Å². The van der Waals surface area contributed by atoms with Gasteiger partial charge in [-0.05, 0) is 12.1 Å². The van der Waals surface area contributed by atoms with E-state index in [2.05, 4.69) is 16.2 Å². The van der Waals surface area contributed by atoms with Crippen LogP contribution in [0.5, 0.6) is 0 Å². The predicted octanol–water partition coefficient (Wildman–Crippen LogP) is 0.546. The molecule has 3 amide bonds. The second-order valence-electron chi connectivity index (χ2n) is 4.94. The molecule has 0 saturated heterocycles. The monoisotopic (exact) mass is 251 g/mol. The number of benzene rings is 1. The van der Waals surface area contributed by atoms with Crippen LogP contribution in [0.15, 0.2) is 30.3 Å². The Hall–Kier alpha value is -2.08. The molecule has 6 nitrogen and oxygen atoms in total. The van der Waals surface area contributed by atoms with E-state index in [0.717, 1.165) is 0 Å². The second-order valence-corrected chi connectivity index (χ2v) is 4.94. The molecular formula is C12H19N4O2+. The van der Waals surface area contributed by atoms with Gasteiger partial charge in [-0.15, -0.1) is 0 Å². The molecule has 0 bridgehead atoms. The molecule has 0 aliphatic carbocycles. The van der Waals surface area contributed by atoms with Crippen molar-refractivity contribution in [2.45, 2.75) is 0 Å². The molecule has 3 N–H and O–H groups in total. The number of carbonyl (C=O) groups excluding carboxylic acids is 2. The van der Waals surface area contributed by atoms with Gasteiger partial charge < -0.3 is 9.80 Å². The lowest BCUT2D eigenvalue weighted by Gasteiger charge is -2.22. The molecule has 98 valence electrons. The van der Waals surface area contributed by atoms with Gasteiger partial charge in [-0.25, -0.2) is 10.2 Å². The second kappa shape index (κ2) is 6.02. The molecule has 0 radical (unpaired) electrons. The zero-order valence-corrected chi connectivity index (χ0v) is 10.9. The molecule has 1 aromatic carbocycles. The summed E-state index contributed by atoms with van der Waals surface area (Å²) in [5, 5.41) is 2.59. The Labute approximate surface area is 107 Å². The zero-order chi connectivity index (χ0) is 13.6. The van der Waals surface area contributed by atoms with E-state index in [0.29, 0.717) is 10.2 Å². The number of para-hydroxylation sites is 1. The third-order valence-electron chi connectivity index (χ3n) is 1.97. The lowest BCUT2D eigenvalue weighted by molar-refractivity contribution is -0.862. The Morgan fingerprint density at radius 1 is 1.06 bits per heavy atom. The normalized spacial score (nSPS) is 10.6. The molecule has 6 heteroatoms. The van der Waals surface area contributed by atoms with Crippen LogP contribution in [0.1, 0.15) is 0 Å². The van der Waals surface area contributed by atoms with Crippen molar-refractivity contribution in [2.75, 3.05) is 33.0 Å². The maximum Gasteiger partial charge on any atom is 0.337 e. The van der Waals surface area contributed by atoms with Crippen molar-refractivity contribution in [3.63, 3.8) is 0 Å². The molecule has 0 fully saturated rings. The number of carbonyl (C=O) groups is 2. The van der Waals surface area contributed by atoms with Crippen LogP contribution in [0.25, 0.3) is 0 Å². The lowest BCUT2D eigenvalue weighted by Crippen LogP contribution is -2.50. The number of hydrazine groups is 1. The minimum atomic E-state index is -0.476. The number of hydrogen-bond acceptors (Lipinski definition) is 2. The third-order valence-corrected chi connectivity index (χ3v) is 1.97. The van der Waals surface area contributed by atoms with Crippen LogP contribution in [-0.4, -0.2) is 44.1 Å². The topological polar surface area (TPSA) is 70.2 Å². The quantitative estimate of drug-likeness (QED) is 0.542. The van der Waals surface area contributed by atoms with E-state index in [-0.39, 0.29) is 12.5 Å². The van der Waals surface area contributed by atoms with Gasteiger partial charge in [0.05, 0.1) is 21.1 Å². The fraction of sp³-hybridized carbons (Fsp3) is 0.333. The van der Waals surface area contributed by atoms with Gasteiger partial charge in [0.15, 0.2) is 6.54 Å². The van der Waals surface area contributed by atoms with Crippen LogP contribution >= 0.6 is 0 Å². The Bertz CT molecular complexity index is 412. The molecule has 1 aromatic rings. The van der Waals surface area contributed by atoms with E-state index in [1.165, 1.54) is 0 Å². The van der Waals surface area contributed by atoms with E-state index in [9.17, 15) is 9.59 Å². The zero-order valence-electron chi connectivity index (χ0n) is 10.9. The van der Waals surface area contributed by atoms with Gasteiger partial charge in [0.25, 0.3) is 5.91 Å². The molecule has 18 heavy (non-hydrogen) atoms. The molecule has 0 saturated carbocycles. The van der Waals surface area contributed by atoms with E-state index in [1.54, 1.807) is 12.1 Å². The summed E-state index contributed by atoms with van der Waals surface area (Å²) in [5.41, 5.74) is 5.30. The molecule has 0 aliphatic rings. The third kappa shape index (κ3) is 5.86. The van der Waals surface area contributed by atoms with Crippen molar-refractivity contribution in [1.29, 1.82) is 0 Å². The number of urea groups is 1. The summed E-state index contributed by atoms with van der Waals surface area (Å²) in [6, 6.07) is 8.51. The number of anilines is 1. The standard InChI is InChI=1S/C12H18N4O2/c1-16(2,3)9-11(17)14-15-12(18)13-10-7-5-4-6-8-10/h4-8H,9H2,1-3H3,(H2-,13,14,15,17,18)/p+1. The van der Waals surface area contributed by atoms with Crippen LogP contribution in [0.3, 0.4) is 0 Å². The molecule has 0 spiro atoms. The van der Waals surface area contributed by atoms with Crippen LogP contribution in [-0.2, 0) is 4.79 Å². The summed E-state index contributed by atoms with van der Waals surface area (Å²) in [7, 11) is 5.68. The van der Waals surface area contributed by atoms with Crippen LogP contribution in [0.4, 0.5) is 10.5 Å². The molecule has 1 rings (SSSR count). The van der Waals surface area contributed by atoms with E-state index < -0.39 is 6.03 Å². The predicted molar refractivity (Wildman–Crippen MR) is 69.6 cm³/mol. The average molecular weight is 251 g/mol. The van der Waals surface area contributed by atoms with Gasteiger partial charge in [0.2, 0.25) is 0 Å². The van der Waals surface area contributed by atoms with Gasteiger partial charge in [-0.1, -0.05) is 18.2 Å². The van der Waals surface area contributed by atoms with Crippen LogP contribution < -0.4 is 16.2 Å². The highest BCUT2D eigenvalue weighted by Gasteiger charge is 2.14. The van der Waals surface area contributed by atoms with E-state index in [1.807, 2.05) is 39.3 Å². The van der Waals surface area contributed by atoms with Crippen molar-refractivity contribution in [2.24, 2.45) is 0 Å². The highest BCUT2D eigenvalue weighted by Crippen LogP contribution is 2.03. The van der Waals surface area contributed by atoms with Gasteiger partial charge in [0, 0.05) is 5.69 Å². The largest absolute Gasteiger partial charge is 0.337 e.